The van der Waals surface area contributed by atoms with E-state index in [4.69, 9.17) is 4.42 Å². The van der Waals surface area contributed by atoms with Gasteiger partial charge in [-0.3, -0.25) is 0 Å². The van der Waals surface area contributed by atoms with Crippen LogP contribution in [0.25, 0.3) is 66.4 Å². The molecular formula is C55H35NO. The van der Waals surface area contributed by atoms with Gasteiger partial charge in [-0.1, -0.05) is 170 Å². The van der Waals surface area contributed by atoms with Gasteiger partial charge in [0.05, 0.1) is 16.8 Å². The highest BCUT2D eigenvalue weighted by Gasteiger charge is 2.51. The van der Waals surface area contributed by atoms with Crippen LogP contribution in [0, 0.1) is 0 Å². The first-order valence-corrected chi connectivity index (χ1v) is 19.7. The molecule has 9 aromatic carbocycles. The lowest BCUT2D eigenvalue weighted by Crippen LogP contribution is -2.26. The van der Waals surface area contributed by atoms with Gasteiger partial charge in [0.1, 0.15) is 11.2 Å². The smallest absolute Gasteiger partial charge is 0.135 e. The normalized spacial score (nSPS) is 13.1. The summed E-state index contributed by atoms with van der Waals surface area (Å²) in [5.74, 6) is 0. The Morgan fingerprint density at radius 3 is 1.46 bits per heavy atom. The SMILES string of the molecule is c1ccc(-c2ccccc2N(c2ccc3c(c2)C2(c4ccccc4-c4ccccc42)c2ccccc2-3)c2ccccc2-c2ccc3oc4ccccc4c3c2)cc1. The maximum absolute atomic E-state index is 6.28. The molecule has 2 aliphatic rings. The van der Waals surface area contributed by atoms with Gasteiger partial charge >= 0.3 is 0 Å². The first kappa shape index (κ1) is 31.9. The standard InChI is InChI=1S/C55H35NO/c1-2-16-36(17-3-1)39-18-7-13-27-51(39)56(52-28-14-8-19-40(52)37-30-33-54-46(34-37)45-23-9-15-29-53(45)57-54)38-31-32-44-43-22-6-12-26-49(43)55(50(44)35-38)47-24-10-4-20-41(47)42-21-5-11-25-48(42)55/h1-35H. The van der Waals surface area contributed by atoms with E-state index in [-0.39, 0.29) is 0 Å². The van der Waals surface area contributed by atoms with Gasteiger partial charge in [0, 0.05) is 27.6 Å². The van der Waals surface area contributed by atoms with Crippen molar-refractivity contribution in [3.63, 3.8) is 0 Å². The molecule has 0 saturated carbocycles. The second kappa shape index (κ2) is 12.3. The molecule has 1 spiro atoms. The lowest BCUT2D eigenvalue weighted by atomic mass is 9.70. The first-order chi connectivity index (χ1) is 28.3. The van der Waals surface area contributed by atoms with Crippen molar-refractivity contribution in [3.05, 3.63) is 235 Å². The molecule has 10 aromatic rings. The summed E-state index contributed by atoms with van der Waals surface area (Å²) in [6.07, 6.45) is 0. The summed E-state index contributed by atoms with van der Waals surface area (Å²) in [4.78, 5) is 2.49. The lowest BCUT2D eigenvalue weighted by Gasteiger charge is -2.33. The van der Waals surface area contributed by atoms with Gasteiger partial charge in [-0.2, -0.15) is 0 Å². The fourth-order valence-corrected chi connectivity index (χ4v) is 9.97. The van der Waals surface area contributed by atoms with E-state index in [0.717, 1.165) is 50.1 Å². The quantitative estimate of drug-likeness (QED) is 0.176. The number of furan rings is 1. The molecule has 0 N–H and O–H groups in total. The summed E-state index contributed by atoms with van der Waals surface area (Å²) in [5, 5.41) is 2.24. The van der Waals surface area contributed by atoms with E-state index in [0.29, 0.717) is 0 Å². The summed E-state index contributed by atoms with van der Waals surface area (Å²) in [5.41, 5.74) is 19.8. The number of hydrogen-bond acceptors (Lipinski definition) is 2. The Morgan fingerprint density at radius 1 is 0.316 bits per heavy atom. The molecule has 0 bridgehead atoms. The molecule has 266 valence electrons. The van der Waals surface area contributed by atoms with Gasteiger partial charge in [-0.25, -0.2) is 0 Å². The molecule has 0 fully saturated rings. The van der Waals surface area contributed by atoms with E-state index in [2.05, 4.69) is 205 Å². The van der Waals surface area contributed by atoms with Gasteiger partial charge in [0.15, 0.2) is 0 Å². The van der Waals surface area contributed by atoms with Crippen LogP contribution in [0.3, 0.4) is 0 Å². The molecular weight excluding hydrogens is 691 g/mol. The summed E-state index contributed by atoms with van der Waals surface area (Å²) >= 11 is 0. The van der Waals surface area contributed by atoms with Crippen LogP contribution in [0.15, 0.2) is 217 Å². The van der Waals surface area contributed by atoms with Crippen molar-refractivity contribution in [2.75, 3.05) is 4.90 Å². The van der Waals surface area contributed by atoms with Crippen molar-refractivity contribution in [1.82, 2.24) is 0 Å². The molecule has 2 heteroatoms. The third-order valence-corrected chi connectivity index (χ3v) is 12.3. The van der Waals surface area contributed by atoms with Gasteiger partial charge in [-0.05, 0) is 98.1 Å². The summed E-state index contributed by atoms with van der Waals surface area (Å²) < 4.78 is 6.28. The predicted molar refractivity (Wildman–Crippen MR) is 236 cm³/mol. The van der Waals surface area contributed by atoms with Crippen molar-refractivity contribution >= 4 is 39.0 Å². The lowest BCUT2D eigenvalue weighted by molar-refractivity contribution is 0.669. The molecule has 0 unspecified atom stereocenters. The number of nitrogens with zero attached hydrogens (tertiary/aromatic N) is 1. The summed E-state index contributed by atoms with van der Waals surface area (Å²) in [6, 6.07) is 77.6. The number of anilines is 3. The van der Waals surface area contributed by atoms with E-state index < -0.39 is 5.41 Å². The predicted octanol–water partition coefficient (Wildman–Crippen LogP) is 14.7. The van der Waals surface area contributed by atoms with Crippen LogP contribution in [0.4, 0.5) is 17.1 Å². The number of para-hydroxylation sites is 3. The van der Waals surface area contributed by atoms with Crippen LogP contribution in [0.5, 0.6) is 0 Å². The van der Waals surface area contributed by atoms with Crippen molar-refractivity contribution in [1.29, 1.82) is 0 Å². The number of benzene rings is 9. The zero-order chi connectivity index (χ0) is 37.5. The topological polar surface area (TPSA) is 16.4 Å². The minimum absolute atomic E-state index is 0.452. The fraction of sp³-hybridized carbons (Fsp3) is 0.0182. The van der Waals surface area contributed by atoms with Gasteiger partial charge in [-0.15, -0.1) is 0 Å². The Balaban J connectivity index is 1.14. The Morgan fingerprint density at radius 2 is 0.807 bits per heavy atom. The summed E-state index contributed by atoms with van der Waals surface area (Å²) in [7, 11) is 0. The van der Waals surface area contributed by atoms with Crippen molar-refractivity contribution in [2.45, 2.75) is 5.41 Å². The third-order valence-electron chi connectivity index (χ3n) is 12.3. The van der Waals surface area contributed by atoms with E-state index in [9.17, 15) is 0 Å². The minimum Gasteiger partial charge on any atom is -0.456 e. The number of hydrogen-bond donors (Lipinski definition) is 0. The molecule has 0 atom stereocenters. The maximum Gasteiger partial charge on any atom is 0.135 e. The zero-order valence-corrected chi connectivity index (χ0v) is 31.1. The molecule has 0 amide bonds. The number of fused-ring (bicyclic) bond motifs is 13. The second-order valence-electron chi connectivity index (χ2n) is 15.2. The molecule has 57 heavy (non-hydrogen) atoms. The molecule has 1 heterocycles. The highest BCUT2D eigenvalue weighted by Crippen LogP contribution is 2.63. The summed E-state index contributed by atoms with van der Waals surface area (Å²) in [6.45, 7) is 0. The maximum atomic E-state index is 6.28. The Kier molecular flexibility index (Phi) is 6.88. The van der Waals surface area contributed by atoms with Crippen LogP contribution in [0.1, 0.15) is 22.3 Å². The van der Waals surface area contributed by atoms with Crippen LogP contribution in [-0.2, 0) is 5.41 Å². The van der Waals surface area contributed by atoms with Gasteiger partial charge in [0.25, 0.3) is 0 Å². The number of rotatable bonds is 5. The van der Waals surface area contributed by atoms with Crippen LogP contribution >= 0.6 is 0 Å². The second-order valence-corrected chi connectivity index (χ2v) is 15.2. The fourth-order valence-electron chi connectivity index (χ4n) is 9.97. The largest absolute Gasteiger partial charge is 0.456 e. The van der Waals surface area contributed by atoms with E-state index in [1.165, 1.54) is 55.6 Å². The zero-order valence-electron chi connectivity index (χ0n) is 31.1. The third kappa shape index (κ3) is 4.53. The molecule has 2 aliphatic carbocycles. The average molecular weight is 726 g/mol. The Labute approximate surface area is 331 Å². The molecule has 0 saturated heterocycles. The Hall–Kier alpha value is -7.42. The monoisotopic (exact) mass is 725 g/mol. The van der Waals surface area contributed by atoms with Gasteiger partial charge in [0.2, 0.25) is 0 Å². The van der Waals surface area contributed by atoms with E-state index >= 15 is 0 Å². The molecule has 12 rings (SSSR count). The highest BCUT2D eigenvalue weighted by molar-refractivity contribution is 6.07. The average Bonchev–Trinajstić information content (AvgIpc) is 3.91. The van der Waals surface area contributed by atoms with Crippen molar-refractivity contribution < 1.29 is 4.42 Å². The minimum atomic E-state index is -0.452. The Bertz CT molecular complexity index is 3140. The highest BCUT2D eigenvalue weighted by atomic mass is 16.3. The van der Waals surface area contributed by atoms with E-state index in [1.807, 2.05) is 12.1 Å². The van der Waals surface area contributed by atoms with Crippen molar-refractivity contribution in [2.24, 2.45) is 0 Å². The first-order valence-electron chi connectivity index (χ1n) is 19.7. The van der Waals surface area contributed by atoms with E-state index in [1.54, 1.807) is 0 Å². The van der Waals surface area contributed by atoms with Crippen LogP contribution in [0.2, 0.25) is 0 Å². The van der Waals surface area contributed by atoms with Gasteiger partial charge < -0.3 is 9.32 Å². The van der Waals surface area contributed by atoms with Crippen molar-refractivity contribution in [3.8, 4) is 44.5 Å². The molecule has 0 radical (unpaired) electrons. The molecule has 0 aliphatic heterocycles. The van der Waals surface area contributed by atoms with Crippen LogP contribution < -0.4 is 4.90 Å². The van der Waals surface area contributed by atoms with Crippen LogP contribution in [-0.4, -0.2) is 0 Å². The molecule has 2 nitrogen and oxygen atoms in total. The molecule has 1 aromatic heterocycles.